The molecule has 0 saturated heterocycles. The summed E-state index contributed by atoms with van der Waals surface area (Å²) in [6, 6.07) is 14.2. The van der Waals surface area contributed by atoms with Crippen LogP contribution in [0.1, 0.15) is 17.2 Å². The molecule has 0 aliphatic carbocycles. The standard InChI is InChI=1S/C15H11FOS/c16-13-7-3-1-6-11(13)15(17)12-9-18-14-8-4-2-5-10(12)14/h1-9,15,17H. The fourth-order valence-electron chi connectivity index (χ4n) is 2.07. The minimum atomic E-state index is -0.914. The van der Waals surface area contributed by atoms with Crippen LogP contribution >= 0.6 is 11.3 Å². The minimum Gasteiger partial charge on any atom is -0.383 e. The predicted octanol–water partition coefficient (Wildman–Crippen LogP) is 4.12. The molecule has 0 spiro atoms. The van der Waals surface area contributed by atoms with Crippen molar-refractivity contribution in [2.24, 2.45) is 0 Å². The number of thiophene rings is 1. The fraction of sp³-hybridized carbons (Fsp3) is 0.0667. The first kappa shape index (κ1) is 11.4. The average molecular weight is 258 g/mol. The zero-order chi connectivity index (χ0) is 12.5. The van der Waals surface area contributed by atoms with E-state index in [0.29, 0.717) is 5.56 Å². The fourth-order valence-corrected chi connectivity index (χ4v) is 3.05. The van der Waals surface area contributed by atoms with Gasteiger partial charge < -0.3 is 5.11 Å². The monoisotopic (exact) mass is 258 g/mol. The molecule has 18 heavy (non-hydrogen) atoms. The first-order valence-corrected chi connectivity index (χ1v) is 6.54. The van der Waals surface area contributed by atoms with Crippen LogP contribution in [0.4, 0.5) is 4.39 Å². The number of hydrogen-bond acceptors (Lipinski definition) is 2. The Bertz CT molecular complexity index is 690. The van der Waals surface area contributed by atoms with E-state index in [2.05, 4.69) is 0 Å². The van der Waals surface area contributed by atoms with Crippen molar-refractivity contribution in [3.63, 3.8) is 0 Å². The van der Waals surface area contributed by atoms with Crippen LogP contribution in [-0.4, -0.2) is 5.11 Å². The van der Waals surface area contributed by atoms with Crippen molar-refractivity contribution >= 4 is 21.4 Å². The number of halogens is 1. The third-order valence-electron chi connectivity index (χ3n) is 3.01. The Kier molecular flexibility index (Phi) is 2.86. The minimum absolute atomic E-state index is 0.320. The number of rotatable bonds is 2. The molecule has 1 N–H and O–H groups in total. The summed E-state index contributed by atoms with van der Waals surface area (Å²) >= 11 is 1.56. The third kappa shape index (κ3) is 1.82. The van der Waals surface area contributed by atoms with Crippen LogP contribution in [0.15, 0.2) is 53.9 Å². The van der Waals surface area contributed by atoms with E-state index in [0.717, 1.165) is 15.6 Å². The summed E-state index contributed by atoms with van der Waals surface area (Å²) in [5.74, 6) is -0.375. The molecule has 1 aromatic heterocycles. The number of benzene rings is 2. The Morgan fingerprint density at radius 2 is 1.67 bits per heavy atom. The van der Waals surface area contributed by atoms with E-state index < -0.39 is 6.10 Å². The number of hydrogen-bond donors (Lipinski definition) is 1. The van der Waals surface area contributed by atoms with Crippen LogP contribution in [0.3, 0.4) is 0 Å². The van der Waals surface area contributed by atoms with E-state index in [-0.39, 0.29) is 5.82 Å². The molecule has 1 heterocycles. The molecule has 0 aliphatic heterocycles. The van der Waals surface area contributed by atoms with Gasteiger partial charge in [0, 0.05) is 15.8 Å². The molecule has 0 amide bonds. The van der Waals surface area contributed by atoms with E-state index in [4.69, 9.17) is 0 Å². The van der Waals surface area contributed by atoms with E-state index in [1.807, 2.05) is 29.6 Å². The third-order valence-corrected chi connectivity index (χ3v) is 3.99. The average Bonchev–Trinajstić information content (AvgIpc) is 2.82. The van der Waals surface area contributed by atoms with Crippen molar-refractivity contribution in [3.8, 4) is 0 Å². The molecule has 1 unspecified atom stereocenters. The molecule has 3 aromatic rings. The molecule has 2 aromatic carbocycles. The van der Waals surface area contributed by atoms with Gasteiger partial charge in [-0.2, -0.15) is 0 Å². The molecule has 0 aliphatic rings. The van der Waals surface area contributed by atoms with Gasteiger partial charge in [0.15, 0.2) is 0 Å². The lowest BCUT2D eigenvalue weighted by Crippen LogP contribution is -2.01. The second kappa shape index (κ2) is 4.52. The van der Waals surface area contributed by atoms with Gasteiger partial charge in [0.25, 0.3) is 0 Å². The highest BCUT2D eigenvalue weighted by atomic mass is 32.1. The van der Waals surface area contributed by atoms with Crippen LogP contribution in [0.25, 0.3) is 10.1 Å². The maximum absolute atomic E-state index is 13.7. The van der Waals surface area contributed by atoms with Gasteiger partial charge in [-0.3, -0.25) is 0 Å². The maximum Gasteiger partial charge on any atom is 0.129 e. The summed E-state index contributed by atoms with van der Waals surface area (Å²) in [5.41, 5.74) is 1.08. The molecule has 90 valence electrons. The van der Waals surface area contributed by atoms with Crippen LogP contribution in [0.2, 0.25) is 0 Å². The Hall–Kier alpha value is -1.71. The van der Waals surface area contributed by atoms with E-state index in [1.54, 1.807) is 29.5 Å². The van der Waals surface area contributed by atoms with Gasteiger partial charge in [-0.25, -0.2) is 4.39 Å². The highest BCUT2D eigenvalue weighted by Crippen LogP contribution is 2.34. The van der Waals surface area contributed by atoms with Crippen LogP contribution < -0.4 is 0 Å². The van der Waals surface area contributed by atoms with Gasteiger partial charge in [0.05, 0.1) is 0 Å². The lowest BCUT2D eigenvalue weighted by Gasteiger charge is -2.11. The lowest BCUT2D eigenvalue weighted by molar-refractivity contribution is 0.217. The molecule has 0 fully saturated rings. The molecular weight excluding hydrogens is 247 g/mol. The quantitative estimate of drug-likeness (QED) is 0.733. The summed E-state index contributed by atoms with van der Waals surface area (Å²) in [6.45, 7) is 0. The van der Waals surface area contributed by atoms with Crippen molar-refractivity contribution < 1.29 is 9.50 Å². The first-order valence-electron chi connectivity index (χ1n) is 5.66. The number of fused-ring (bicyclic) bond motifs is 1. The van der Waals surface area contributed by atoms with E-state index >= 15 is 0 Å². The first-order chi connectivity index (χ1) is 8.77. The molecule has 3 rings (SSSR count). The second-order valence-electron chi connectivity index (χ2n) is 4.11. The van der Waals surface area contributed by atoms with Crippen molar-refractivity contribution in [1.29, 1.82) is 0 Å². The zero-order valence-electron chi connectivity index (χ0n) is 9.51. The van der Waals surface area contributed by atoms with Gasteiger partial charge >= 0.3 is 0 Å². The molecule has 0 bridgehead atoms. The van der Waals surface area contributed by atoms with Gasteiger partial charge in [0.2, 0.25) is 0 Å². The molecule has 3 heteroatoms. The molecule has 0 radical (unpaired) electrons. The number of aliphatic hydroxyl groups is 1. The Labute approximate surface area is 108 Å². The van der Waals surface area contributed by atoms with Gasteiger partial charge in [-0.15, -0.1) is 11.3 Å². The Morgan fingerprint density at radius 3 is 2.50 bits per heavy atom. The maximum atomic E-state index is 13.7. The molecule has 1 atom stereocenters. The second-order valence-corrected chi connectivity index (χ2v) is 5.02. The lowest BCUT2D eigenvalue weighted by atomic mass is 10.0. The van der Waals surface area contributed by atoms with Crippen molar-refractivity contribution in [2.75, 3.05) is 0 Å². The summed E-state index contributed by atoms with van der Waals surface area (Å²) < 4.78 is 14.8. The van der Waals surface area contributed by atoms with Gasteiger partial charge in [-0.05, 0) is 22.9 Å². The van der Waals surface area contributed by atoms with E-state index in [1.165, 1.54) is 6.07 Å². The van der Waals surface area contributed by atoms with Crippen molar-refractivity contribution in [1.82, 2.24) is 0 Å². The number of aliphatic hydroxyl groups excluding tert-OH is 1. The highest BCUT2D eigenvalue weighted by molar-refractivity contribution is 7.17. The largest absolute Gasteiger partial charge is 0.383 e. The summed E-state index contributed by atoms with van der Waals surface area (Å²) in [6.07, 6.45) is -0.914. The highest BCUT2D eigenvalue weighted by Gasteiger charge is 2.17. The Balaban J connectivity index is 2.13. The molecule has 1 nitrogen and oxygen atoms in total. The van der Waals surface area contributed by atoms with Crippen LogP contribution in [-0.2, 0) is 0 Å². The molecular formula is C15H11FOS. The Morgan fingerprint density at radius 1 is 0.944 bits per heavy atom. The molecule has 0 saturated carbocycles. The van der Waals surface area contributed by atoms with Gasteiger partial charge in [-0.1, -0.05) is 36.4 Å². The van der Waals surface area contributed by atoms with Crippen molar-refractivity contribution in [2.45, 2.75) is 6.10 Å². The summed E-state index contributed by atoms with van der Waals surface area (Å²) in [5, 5.41) is 13.2. The normalized spacial score (nSPS) is 12.8. The SMILES string of the molecule is OC(c1ccccc1F)c1csc2ccccc12. The van der Waals surface area contributed by atoms with E-state index in [9.17, 15) is 9.50 Å². The van der Waals surface area contributed by atoms with Crippen LogP contribution in [0, 0.1) is 5.82 Å². The van der Waals surface area contributed by atoms with Crippen LogP contribution in [0.5, 0.6) is 0 Å². The van der Waals surface area contributed by atoms with Gasteiger partial charge in [0.1, 0.15) is 11.9 Å². The van der Waals surface area contributed by atoms with Crippen molar-refractivity contribution in [3.05, 3.63) is 70.9 Å². The summed E-state index contributed by atoms with van der Waals surface area (Å²) in [4.78, 5) is 0. The smallest absolute Gasteiger partial charge is 0.129 e. The predicted molar refractivity (Wildman–Crippen MR) is 72.3 cm³/mol. The summed E-state index contributed by atoms with van der Waals surface area (Å²) in [7, 11) is 0. The zero-order valence-corrected chi connectivity index (χ0v) is 10.3. The topological polar surface area (TPSA) is 20.2 Å².